The molecule has 29 heavy (non-hydrogen) atoms. The molecular weight excluding hydrogens is 391 g/mol. The van der Waals surface area contributed by atoms with Crippen molar-refractivity contribution in [1.29, 1.82) is 0 Å². The number of nitrogens with zero attached hydrogens (tertiary/aromatic N) is 2. The van der Waals surface area contributed by atoms with Crippen LogP contribution in [0.3, 0.4) is 0 Å². The van der Waals surface area contributed by atoms with Gasteiger partial charge in [0, 0.05) is 5.69 Å². The van der Waals surface area contributed by atoms with Gasteiger partial charge in [0.05, 0.1) is 16.4 Å². The van der Waals surface area contributed by atoms with Crippen molar-refractivity contribution in [3.05, 3.63) is 46.3 Å². The number of thiophene rings is 1. The van der Waals surface area contributed by atoms with E-state index in [9.17, 15) is 14.3 Å². The molecule has 0 spiro atoms. The Morgan fingerprint density at radius 2 is 2.14 bits per heavy atom. The molecule has 3 aromatic rings. The molecule has 8 heteroatoms. The molecule has 1 amide bonds. The highest BCUT2D eigenvalue weighted by molar-refractivity contribution is 7.20. The minimum atomic E-state index is -0.495. The highest BCUT2D eigenvalue weighted by atomic mass is 32.1. The largest absolute Gasteiger partial charge is 0.393 e. The number of benzene rings is 1. The molecule has 1 saturated carbocycles. The Bertz CT molecular complexity index is 1070. The number of nitrogens with one attached hydrogen (secondary N) is 1. The number of fused-ring (bicyclic) bond motifs is 1. The lowest BCUT2D eigenvalue weighted by molar-refractivity contribution is 0.0701. The summed E-state index contributed by atoms with van der Waals surface area (Å²) in [6.07, 6.45) is 5.49. The van der Waals surface area contributed by atoms with Crippen LogP contribution in [0.15, 0.2) is 24.5 Å². The molecule has 1 unspecified atom stereocenters. The third-order valence-corrected chi connectivity index (χ3v) is 6.84. The van der Waals surface area contributed by atoms with Crippen LogP contribution in [0.25, 0.3) is 10.2 Å². The maximum atomic E-state index is 14.0. The quantitative estimate of drug-likeness (QED) is 0.584. The van der Waals surface area contributed by atoms with Crippen LogP contribution in [0, 0.1) is 18.7 Å². The lowest BCUT2D eigenvalue weighted by Gasteiger charge is -2.28. The zero-order valence-corrected chi connectivity index (χ0v) is 16.9. The summed E-state index contributed by atoms with van der Waals surface area (Å²) in [7, 11) is 0. The fourth-order valence-corrected chi connectivity index (χ4v) is 5.09. The van der Waals surface area contributed by atoms with Crippen LogP contribution in [0.4, 0.5) is 15.9 Å². The number of hydrogen-bond donors (Lipinski definition) is 3. The smallest absolute Gasteiger partial charge is 0.259 e. The summed E-state index contributed by atoms with van der Waals surface area (Å²) in [6.45, 7) is 1.82. The lowest BCUT2D eigenvalue weighted by atomic mass is 9.82. The summed E-state index contributed by atoms with van der Waals surface area (Å²) in [5.41, 5.74) is 7.73. The summed E-state index contributed by atoms with van der Waals surface area (Å²) < 4.78 is 14.0. The van der Waals surface area contributed by atoms with Crippen LogP contribution < -0.4 is 11.1 Å². The van der Waals surface area contributed by atoms with E-state index in [1.807, 2.05) is 6.92 Å². The maximum absolute atomic E-state index is 14.0. The molecule has 6 nitrogen and oxygen atoms in total. The first-order valence-corrected chi connectivity index (χ1v) is 10.5. The van der Waals surface area contributed by atoms with Crippen molar-refractivity contribution in [1.82, 2.24) is 9.97 Å². The number of aromatic nitrogens is 2. The molecule has 1 aliphatic carbocycles. The van der Waals surface area contributed by atoms with E-state index in [-0.39, 0.29) is 17.8 Å². The number of aryl methyl sites for hydroxylation is 1. The van der Waals surface area contributed by atoms with Crippen LogP contribution in [0.5, 0.6) is 0 Å². The summed E-state index contributed by atoms with van der Waals surface area (Å²) in [6, 6.07) is 4.60. The Labute approximate surface area is 172 Å². The molecule has 4 rings (SSSR count). The monoisotopic (exact) mass is 414 g/mol. The van der Waals surface area contributed by atoms with Gasteiger partial charge in [0.1, 0.15) is 22.8 Å². The topological polar surface area (TPSA) is 101 Å². The number of nitrogens with two attached hydrogens (primary N) is 1. The summed E-state index contributed by atoms with van der Waals surface area (Å²) in [4.78, 5) is 21.4. The van der Waals surface area contributed by atoms with E-state index in [4.69, 9.17) is 5.73 Å². The molecule has 1 aromatic carbocycles. The van der Waals surface area contributed by atoms with E-state index >= 15 is 0 Å². The van der Waals surface area contributed by atoms with Gasteiger partial charge in [-0.1, -0.05) is 12.8 Å². The van der Waals surface area contributed by atoms with Crippen molar-refractivity contribution < 1.29 is 14.3 Å². The number of carbonyl (C=O) groups excluding carboxylic acids is 1. The first-order chi connectivity index (χ1) is 13.9. The standard InChI is InChI=1S/C21H23FN4O2S/c1-11-17-20(24-10-25-21(17)29-18(11)19(23)28)26-15-7-6-14(22)9-13(15)8-12-4-2-3-5-16(12)27/h6-7,9-10,12,16,27H,2-5,8H2,1H3,(H2,23,28)(H,24,25,26)/t12-,16?/m0/s1. The second-order valence-corrected chi connectivity index (χ2v) is 8.56. The minimum absolute atomic E-state index is 0.112. The van der Waals surface area contributed by atoms with Gasteiger partial charge in [-0.3, -0.25) is 4.79 Å². The van der Waals surface area contributed by atoms with Crippen LogP contribution in [-0.2, 0) is 6.42 Å². The van der Waals surface area contributed by atoms with Gasteiger partial charge < -0.3 is 16.2 Å². The molecule has 0 radical (unpaired) electrons. The predicted molar refractivity (Wildman–Crippen MR) is 112 cm³/mol. The molecule has 0 aliphatic heterocycles. The molecule has 1 aliphatic rings. The van der Waals surface area contributed by atoms with Crippen LogP contribution in [0.1, 0.15) is 46.5 Å². The second kappa shape index (κ2) is 8.04. The Hall–Kier alpha value is -2.58. The van der Waals surface area contributed by atoms with E-state index in [2.05, 4.69) is 15.3 Å². The van der Waals surface area contributed by atoms with E-state index < -0.39 is 5.91 Å². The summed E-state index contributed by atoms with van der Waals surface area (Å²) in [5.74, 6) is -0.147. The highest BCUT2D eigenvalue weighted by Crippen LogP contribution is 2.36. The normalized spacial score (nSPS) is 19.4. The van der Waals surface area contributed by atoms with Gasteiger partial charge in [0.15, 0.2) is 0 Å². The number of halogens is 1. The van der Waals surface area contributed by atoms with E-state index in [0.717, 1.165) is 47.9 Å². The van der Waals surface area contributed by atoms with Gasteiger partial charge in [-0.15, -0.1) is 11.3 Å². The van der Waals surface area contributed by atoms with Gasteiger partial charge in [0.25, 0.3) is 5.91 Å². The maximum Gasteiger partial charge on any atom is 0.259 e. The third kappa shape index (κ3) is 3.95. The van der Waals surface area contributed by atoms with Crippen molar-refractivity contribution >= 4 is 39.0 Å². The fourth-order valence-electron chi connectivity index (χ4n) is 4.09. The van der Waals surface area contributed by atoms with Gasteiger partial charge in [-0.2, -0.15) is 0 Å². The first-order valence-electron chi connectivity index (χ1n) is 9.71. The van der Waals surface area contributed by atoms with Crippen molar-refractivity contribution in [2.45, 2.75) is 45.1 Å². The second-order valence-electron chi connectivity index (χ2n) is 7.57. The zero-order valence-electron chi connectivity index (χ0n) is 16.1. The molecule has 1 fully saturated rings. The average molecular weight is 415 g/mol. The SMILES string of the molecule is Cc1c(C(N)=O)sc2ncnc(Nc3ccc(F)cc3C[C@@H]3CCCCC3O)c12. The number of amides is 1. The predicted octanol–water partition coefficient (Wildman–Crippen LogP) is 4.07. The first kappa shape index (κ1) is 19.7. The van der Waals surface area contributed by atoms with Crippen LogP contribution in [0.2, 0.25) is 0 Å². The number of anilines is 2. The molecule has 152 valence electrons. The number of hydrogen-bond acceptors (Lipinski definition) is 6. The van der Waals surface area contributed by atoms with E-state index in [1.54, 1.807) is 6.07 Å². The Kier molecular flexibility index (Phi) is 5.47. The van der Waals surface area contributed by atoms with Crippen molar-refractivity contribution in [2.75, 3.05) is 5.32 Å². The number of rotatable bonds is 5. The molecule has 0 saturated heterocycles. The third-order valence-electron chi connectivity index (χ3n) is 5.62. The average Bonchev–Trinajstić information content (AvgIpc) is 3.04. The van der Waals surface area contributed by atoms with E-state index in [0.29, 0.717) is 21.9 Å². The van der Waals surface area contributed by atoms with Crippen LogP contribution in [-0.4, -0.2) is 27.1 Å². The summed E-state index contributed by atoms with van der Waals surface area (Å²) >= 11 is 1.23. The lowest BCUT2D eigenvalue weighted by Crippen LogP contribution is -2.26. The van der Waals surface area contributed by atoms with E-state index in [1.165, 1.54) is 29.8 Å². The Balaban J connectivity index is 1.70. The molecule has 2 aromatic heterocycles. The van der Waals surface area contributed by atoms with Gasteiger partial charge in [-0.05, 0) is 61.4 Å². The number of carbonyl (C=O) groups is 1. The number of aliphatic hydroxyl groups is 1. The molecule has 2 heterocycles. The molecule has 0 bridgehead atoms. The van der Waals surface area contributed by atoms with Gasteiger partial charge in [-0.25, -0.2) is 14.4 Å². The molecular formula is C21H23FN4O2S. The van der Waals surface area contributed by atoms with Crippen molar-refractivity contribution in [3.8, 4) is 0 Å². The fraction of sp³-hybridized carbons (Fsp3) is 0.381. The minimum Gasteiger partial charge on any atom is -0.393 e. The van der Waals surface area contributed by atoms with Gasteiger partial charge in [0.2, 0.25) is 0 Å². The number of aliphatic hydroxyl groups excluding tert-OH is 1. The number of primary amides is 1. The van der Waals surface area contributed by atoms with Crippen LogP contribution >= 0.6 is 11.3 Å². The van der Waals surface area contributed by atoms with Crippen molar-refractivity contribution in [3.63, 3.8) is 0 Å². The molecule has 2 atom stereocenters. The van der Waals surface area contributed by atoms with Crippen molar-refractivity contribution in [2.24, 2.45) is 11.7 Å². The summed E-state index contributed by atoms with van der Waals surface area (Å²) in [5, 5.41) is 14.4. The zero-order chi connectivity index (χ0) is 20.5. The Morgan fingerprint density at radius 1 is 1.34 bits per heavy atom. The van der Waals surface area contributed by atoms with Gasteiger partial charge >= 0.3 is 0 Å². The highest BCUT2D eigenvalue weighted by Gasteiger charge is 2.25. The molecule has 4 N–H and O–H groups in total. The Morgan fingerprint density at radius 3 is 2.90 bits per heavy atom.